The van der Waals surface area contributed by atoms with Crippen molar-refractivity contribution in [2.75, 3.05) is 11.9 Å². The van der Waals surface area contributed by atoms with Crippen molar-refractivity contribution >= 4 is 11.7 Å². The van der Waals surface area contributed by atoms with Gasteiger partial charge in [-0.1, -0.05) is 35.9 Å². The smallest absolute Gasteiger partial charge is 0.319 e. The van der Waals surface area contributed by atoms with Gasteiger partial charge in [-0.05, 0) is 50.5 Å². The third-order valence-electron chi connectivity index (χ3n) is 3.99. The van der Waals surface area contributed by atoms with Gasteiger partial charge in [-0.2, -0.15) is 0 Å². The molecule has 0 aliphatic heterocycles. The number of hydrogen-bond donors (Lipinski definition) is 2. The van der Waals surface area contributed by atoms with E-state index in [1.54, 1.807) is 0 Å². The predicted molar refractivity (Wildman–Crippen MR) is 98.3 cm³/mol. The Bertz CT molecular complexity index is 688. The maximum absolute atomic E-state index is 12.2. The van der Waals surface area contributed by atoms with Crippen molar-refractivity contribution in [3.63, 3.8) is 0 Å². The van der Waals surface area contributed by atoms with Crippen molar-refractivity contribution in [2.24, 2.45) is 0 Å². The lowest BCUT2D eigenvalue weighted by molar-refractivity contribution is 0.134. The molecule has 0 aliphatic carbocycles. The Hall–Kier alpha value is -2.33. The van der Waals surface area contributed by atoms with Crippen LogP contribution in [-0.2, 0) is 17.9 Å². The fourth-order valence-electron chi connectivity index (χ4n) is 2.80. The average molecular weight is 326 g/mol. The van der Waals surface area contributed by atoms with Gasteiger partial charge in [0.05, 0.1) is 6.61 Å². The fourth-order valence-corrected chi connectivity index (χ4v) is 2.80. The topological polar surface area (TPSA) is 50.4 Å². The monoisotopic (exact) mass is 326 g/mol. The van der Waals surface area contributed by atoms with Crippen LogP contribution in [-0.4, -0.2) is 12.6 Å². The lowest BCUT2D eigenvalue weighted by Gasteiger charge is -2.14. The van der Waals surface area contributed by atoms with Gasteiger partial charge in [-0.25, -0.2) is 4.79 Å². The van der Waals surface area contributed by atoms with Crippen LogP contribution in [0.3, 0.4) is 0 Å². The number of anilines is 1. The first kappa shape index (κ1) is 18.0. The quantitative estimate of drug-likeness (QED) is 0.823. The van der Waals surface area contributed by atoms with Crippen molar-refractivity contribution in [1.82, 2.24) is 5.32 Å². The zero-order valence-electron chi connectivity index (χ0n) is 14.9. The zero-order valence-corrected chi connectivity index (χ0v) is 14.9. The Balaban J connectivity index is 2.00. The number of urea groups is 1. The molecule has 24 heavy (non-hydrogen) atoms. The Kier molecular flexibility index (Phi) is 6.38. The van der Waals surface area contributed by atoms with Crippen LogP contribution >= 0.6 is 0 Å². The van der Waals surface area contributed by atoms with E-state index >= 15 is 0 Å². The summed E-state index contributed by atoms with van der Waals surface area (Å²) >= 11 is 0. The SMILES string of the molecule is CCOCc1ccccc1NC(=O)NCc1c(C)cc(C)cc1C. The molecule has 0 aromatic heterocycles. The van der Waals surface area contributed by atoms with E-state index in [1.807, 2.05) is 31.2 Å². The van der Waals surface area contributed by atoms with Gasteiger partial charge in [-0.15, -0.1) is 0 Å². The van der Waals surface area contributed by atoms with Crippen molar-refractivity contribution in [3.05, 3.63) is 64.2 Å². The van der Waals surface area contributed by atoms with Gasteiger partial charge < -0.3 is 15.4 Å². The first-order valence-electron chi connectivity index (χ1n) is 8.28. The minimum absolute atomic E-state index is 0.210. The number of para-hydroxylation sites is 1. The molecule has 2 N–H and O–H groups in total. The van der Waals surface area contributed by atoms with Gasteiger partial charge in [0.15, 0.2) is 0 Å². The summed E-state index contributed by atoms with van der Waals surface area (Å²) in [6.07, 6.45) is 0. The highest BCUT2D eigenvalue weighted by Gasteiger charge is 2.08. The number of benzene rings is 2. The maximum Gasteiger partial charge on any atom is 0.319 e. The van der Waals surface area contributed by atoms with Crippen LogP contribution in [0.4, 0.5) is 10.5 Å². The third kappa shape index (κ3) is 4.83. The second kappa shape index (κ2) is 8.50. The summed E-state index contributed by atoms with van der Waals surface area (Å²) in [5.41, 5.74) is 6.55. The Morgan fingerprint density at radius 2 is 1.75 bits per heavy atom. The third-order valence-corrected chi connectivity index (χ3v) is 3.99. The summed E-state index contributed by atoms with van der Waals surface area (Å²) in [7, 11) is 0. The molecule has 0 saturated carbocycles. The average Bonchev–Trinajstić information content (AvgIpc) is 2.53. The van der Waals surface area contributed by atoms with Crippen molar-refractivity contribution < 1.29 is 9.53 Å². The highest BCUT2D eigenvalue weighted by atomic mass is 16.5. The zero-order chi connectivity index (χ0) is 17.5. The molecule has 0 unspecified atom stereocenters. The Morgan fingerprint density at radius 3 is 2.42 bits per heavy atom. The largest absolute Gasteiger partial charge is 0.377 e. The Morgan fingerprint density at radius 1 is 1.08 bits per heavy atom. The molecule has 0 bridgehead atoms. The molecule has 0 atom stereocenters. The summed E-state index contributed by atoms with van der Waals surface area (Å²) in [6.45, 7) is 9.83. The van der Waals surface area contributed by atoms with Crippen LogP contribution in [0.15, 0.2) is 36.4 Å². The van der Waals surface area contributed by atoms with E-state index < -0.39 is 0 Å². The highest BCUT2D eigenvalue weighted by Crippen LogP contribution is 2.17. The van der Waals surface area contributed by atoms with E-state index in [0.29, 0.717) is 19.8 Å². The molecule has 2 amide bonds. The van der Waals surface area contributed by atoms with E-state index in [1.165, 1.54) is 22.3 Å². The molecule has 0 heterocycles. The number of aryl methyl sites for hydroxylation is 3. The summed E-state index contributed by atoms with van der Waals surface area (Å²) in [5, 5.41) is 5.85. The van der Waals surface area contributed by atoms with Gasteiger partial charge in [0, 0.05) is 24.4 Å². The lowest BCUT2D eigenvalue weighted by Crippen LogP contribution is -2.29. The second-order valence-corrected chi connectivity index (χ2v) is 5.98. The van der Waals surface area contributed by atoms with Crippen molar-refractivity contribution in [3.8, 4) is 0 Å². The first-order chi connectivity index (χ1) is 11.5. The molecule has 0 fully saturated rings. The van der Waals surface area contributed by atoms with Crippen LogP contribution in [0.5, 0.6) is 0 Å². The molecule has 0 aliphatic rings. The van der Waals surface area contributed by atoms with Crippen molar-refractivity contribution in [2.45, 2.75) is 40.8 Å². The molecule has 0 radical (unpaired) electrons. The van der Waals surface area contributed by atoms with Gasteiger partial charge in [-0.3, -0.25) is 0 Å². The number of nitrogens with one attached hydrogen (secondary N) is 2. The van der Waals surface area contributed by atoms with Gasteiger partial charge in [0.1, 0.15) is 0 Å². The van der Waals surface area contributed by atoms with Crippen molar-refractivity contribution in [1.29, 1.82) is 0 Å². The summed E-state index contributed by atoms with van der Waals surface area (Å²) in [5.74, 6) is 0. The number of hydrogen-bond acceptors (Lipinski definition) is 2. The predicted octanol–water partition coefficient (Wildman–Crippen LogP) is 4.47. The number of amides is 2. The summed E-state index contributed by atoms with van der Waals surface area (Å²) in [4.78, 5) is 12.2. The van der Waals surface area contributed by atoms with Gasteiger partial charge in [0.25, 0.3) is 0 Å². The van der Waals surface area contributed by atoms with Crippen LogP contribution < -0.4 is 10.6 Å². The highest BCUT2D eigenvalue weighted by molar-refractivity contribution is 5.90. The minimum atomic E-state index is -0.210. The molecule has 4 heteroatoms. The second-order valence-electron chi connectivity index (χ2n) is 5.98. The minimum Gasteiger partial charge on any atom is -0.377 e. The summed E-state index contributed by atoms with van der Waals surface area (Å²) in [6, 6.07) is 11.8. The van der Waals surface area contributed by atoms with Gasteiger partial charge >= 0.3 is 6.03 Å². The lowest BCUT2D eigenvalue weighted by atomic mass is 10.00. The number of carbonyl (C=O) groups excluding carboxylic acids is 1. The standard InChI is InChI=1S/C20H26N2O2/c1-5-24-13-17-8-6-7-9-19(17)22-20(23)21-12-18-15(3)10-14(2)11-16(18)4/h6-11H,5,12-13H2,1-4H3,(H2,21,22,23). The molecule has 128 valence electrons. The van der Waals surface area contributed by atoms with E-state index in [4.69, 9.17) is 4.74 Å². The van der Waals surface area contributed by atoms with Crippen LogP contribution in [0.2, 0.25) is 0 Å². The number of ether oxygens (including phenoxy) is 1. The van der Waals surface area contributed by atoms with Crippen LogP contribution in [0.25, 0.3) is 0 Å². The van der Waals surface area contributed by atoms with E-state index in [-0.39, 0.29) is 6.03 Å². The molecule has 0 saturated heterocycles. The maximum atomic E-state index is 12.2. The first-order valence-corrected chi connectivity index (χ1v) is 8.28. The summed E-state index contributed by atoms with van der Waals surface area (Å²) < 4.78 is 5.44. The molecule has 4 nitrogen and oxygen atoms in total. The van der Waals surface area contributed by atoms with E-state index in [2.05, 4.69) is 43.5 Å². The van der Waals surface area contributed by atoms with E-state index in [9.17, 15) is 4.79 Å². The van der Waals surface area contributed by atoms with Crippen LogP contribution in [0, 0.1) is 20.8 Å². The molecule has 0 spiro atoms. The molecule has 2 aromatic rings. The molecular weight excluding hydrogens is 300 g/mol. The van der Waals surface area contributed by atoms with Crippen LogP contribution in [0.1, 0.15) is 34.7 Å². The van der Waals surface area contributed by atoms with E-state index in [0.717, 1.165) is 11.3 Å². The number of carbonyl (C=O) groups is 1. The van der Waals surface area contributed by atoms with Gasteiger partial charge in [0.2, 0.25) is 0 Å². The molecular formula is C20H26N2O2. The molecule has 2 rings (SSSR count). The number of rotatable bonds is 6. The normalized spacial score (nSPS) is 10.5. The molecule has 2 aromatic carbocycles. The Labute approximate surface area is 144 Å². The fraction of sp³-hybridized carbons (Fsp3) is 0.350.